The first kappa shape index (κ1) is 18.7. The first-order valence-electron chi connectivity index (χ1n) is 10.5. The van der Waals surface area contributed by atoms with Gasteiger partial charge in [-0.3, -0.25) is 14.5 Å². The third-order valence-electron chi connectivity index (χ3n) is 6.57. The molecule has 1 unspecified atom stereocenters. The van der Waals surface area contributed by atoms with Crippen molar-refractivity contribution in [1.29, 1.82) is 0 Å². The lowest BCUT2D eigenvalue weighted by Gasteiger charge is -2.32. The normalized spacial score (nSPS) is 26.3. The van der Waals surface area contributed by atoms with Crippen LogP contribution in [0.4, 0.5) is 0 Å². The average Bonchev–Trinajstić information content (AvgIpc) is 3.31. The van der Waals surface area contributed by atoms with Gasteiger partial charge >= 0.3 is 0 Å². The molecule has 0 aromatic heterocycles. The van der Waals surface area contributed by atoms with Gasteiger partial charge < -0.3 is 10.2 Å². The Morgan fingerprint density at radius 1 is 0.960 bits per heavy atom. The second kappa shape index (κ2) is 9.02. The van der Waals surface area contributed by atoms with E-state index in [0.29, 0.717) is 17.9 Å². The van der Waals surface area contributed by atoms with E-state index in [-0.39, 0.29) is 11.8 Å². The van der Waals surface area contributed by atoms with E-state index in [2.05, 4.69) is 17.1 Å². The van der Waals surface area contributed by atoms with E-state index in [1.54, 1.807) is 0 Å². The molecule has 142 valence electrons. The van der Waals surface area contributed by atoms with Gasteiger partial charge in [-0.1, -0.05) is 19.8 Å². The highest BCUT2D eigenvalue weighted by molar-refractivity contribution is 5.80. The van der Waals surface area contributed by atoms with Gasteiger partial charge in [0.15, 0.2) is 0 Å². The summed E-state index contributed by atoms with van der Waals surface area (Å²) in [6, 6.07) is 0.516. The number of amides is 2. The summed E-state index contributed by atoms with van der Waals surface area (Å²) in [4.78, 5) is 29.4. The Hall–Kier alpha value is -1.10. The molecule has 3 aliphatic rings. The van der Waals surface area contributed by atoms with E-state index in [9.17, 15) is 9.59 Å². The molecule has 2 heterocycles. The quantitative estimate of drug-likeness (QED) is 0.801. The topological polar surface area (TPSA) is 52.7 Å². The molecule has 0 spiro atoms. The molecule has 3 fully saturated rings. The minimum absolute atomic E-state index is 0.0898. The zero-order valence-corrected chi connectivity index (χ0v) is 15.8. The Kier molecular flexibility index (Phi) is 6.74. The van der Waals surface area contributed by atoms with Crippen LogP contribution in [0.1, 0.15) is 64.7 Å². The number of hydrogen-bond donors (Lipinski definition) is 1. The Morgan fingerprint density at radius 3 is 2.36 bits per heavy atom. The van der Waals surface area contributed by atoms with Crippen molar-refractivity contribution >= 4 is 11.8 Å². The van der Waals surface area contributed by atoms with Crippen LogP contribution in [0, 0.1) is 11.8 Å². The van der Waals surface area contributed by atoms with Gasteiger partial charge in [0, 0.05) is 38.0 Å². The molecule has 1 aliphatic carbocycles. The standard InChI is InChI=1S/C20H35N3O2/c1-2-22-11-5-8-18(22)15-21-20(25)17-9-12-23(13-10-17)19(24)14-16-6-3-4-7-16/h16-18H,2-15H2,1H3,(H,21,25). The van der Waals surface area contributed by atoms with E-state index in [4.69, 9.17) is 0 Å². The molecule has 2 saturated heterocycles. The number of piperidine rings is 1. The van der Waals surface area contributed by atoms with E-state index < -0.39 is 0 Å². The minimum atomic E-state index is 0.0898. The Bertz CT molecular complexity index is 454. The van der Waals surface area contributed by atoms with Crippen molar-refractivity contribution in [2.75, 3.05) is 32.7 Å². The molecule has 2 aliphatic heterocycles. The molecule has 5 heteroatoms. The summed E-state index contributed by atoms with van der Waals surface area (Å²) in [7, 11) is 0. The maximum Gasteiger partial charge on any atom is 0.223 e. The molecule has 0 aromatic carbocycles. The minimum Gasteiger partial charge on any atom is -0.354 e. The maximum absolute atomic E-state index is 12.5. The summed E-state index contributed by atoms with van der Waals surface area (Å²) in [5.41, 5.74) is 0. The van der Waals surface area contributed by atoms with Gasteiger partial charge in [0.25, 0.3) is 0 Å². The summed E-state index contributed by atoms with van der Waals surface area (Å²) in [5.74, 6) is 1.22. The van der Waals surface area contributed by atoms with Gasteiger partial charge in [-0.2, -0.15) is 0 Å². The lowest BCUT2D eigenvalue weighted by molar-refractivity contribution is -0.136. The first-order valence-corrected chi connectivity index (χ1v) is 10.5. The van der Waals surface area contributed by atoms with Crippen LogP contribution >= 0.6 is 0 Å². The molecule has 2 amide bonds. The average molecular weight is 350 g/mol. The number of likely N-dealkylation sites (N-methyl/N-ethyl adjacent to an activating group) is 1. The van der Waals surface area contributed by atoms with Gasteiger partial charge in [0.05, 0.1) is 0 Å². The SMILES string of the molecule is CCN1CCCC1CNC(=O)C1CCN(C(=O)CC2CCCC2)CC1. The van der Waals surface area contributed by atoms with Crippen molar-refractivity contribution in [1.82, 2.24) is 15.1 Å². The lowest BCUT2D eigenvalue weighted by atomic mass is 9.94. The second-order valence-electron chi connectivity index (χ2n) is 8.18. The molecular formula is C20H35N3O2. The van der Waals surface area contributed by atoms with E-state index in [1.807, 2.05) is 4.90 Å². The van der Waals surface area contributed by atoms with Crippen molar-refractivity contribution in [2.24, 2.45) is 11.8 Å². The van der Waals surface area contributed by atoms with Crippen molar-refractivity contribution in [3.63, 3.8) is 0 Å². The van der Waals surface area contributed by atoms with Crippen LogP contribution in [-0.2, 0) is 9.59 Å². The Morgan fingerprint density at radius 2 is 1.68 bits per heavy atom. The Labute approximate surface area is 152 Å². The van der Waals surface area contributed by atoms with Crippen molar-refractivity contribution in [3.8, 4) is 0 Å². The molecular weight excluding hydrogens is 314 g/mol. The van der Waals surface area contributed by atoms with Crippen molar-refractivity contribution < 1.29 is 9.59 Å². The highest BCUT2D eigenvalue weighted by Gasteiger charge is 2.30. The summed E-state index contributed by atoms with van der Waals surface area (Å²) < 4.78 is 0. The molecule has 0 aromatic rings. The van der Waals surface area contributed by atoms with Gasteiger partial charge in [-0.15, -0.1) is 0 Å². The van der Waals surface area contributed by atoms with E-state index in [0.717, 1.165) is 45.4 Å². The zero-order chi connectivity index (χ0) is 17.6. The molecule has 0 bridgehead atoms. The third-order valence-corrected chi connectivity index (χ3v) is 6.57. The van der Waals surface area contributed by atoms with Crippen LogP contribution in [-0.4, -0.2) is 60.4 Å². The summed E-state index contributed by atoms with van der Waals surface area (Å²) in [6.45, 7) is 6.73. The third kappa shape index (κ3) is 4.96. The molecule has 1 N–H and O–H groups in total. The van der Waals surface area contributed by atoms with E-state index >= 15 is 0 Å². The fourth-order valence-electron chi connectivity index (χ4n) is 4.89. The number of nitrogens with zero attached hydrogens (tertiary/aromatic N) is 2. The lowest BCUT2D eigenvalue weighted by Crippen LogP contribution is -2.46. The predicted octanol–water partition coefficient (Wildman–Crippen LogP) is 2.41. The van der Waals surface area contributed by atoms with Gasteiger partial charge in [0.1, 0.15) is 0 Å². The highest BCUT2D eigenvalue weighted by Crippen LogP contribution is 2.29. The molecule has 25 heavy (non-hydrogen) atoms. The van der Waals surface area contributed by atoms with Crippen LogP contribution < -0.4 is 5.32 Å². The zero-order valence-electron chi connectivity index (χ0n) is 15.8. The summed E-state index contributed by atoms with van der Waals surface area (Å²) in [6.07, 6.45) is 9.84. The second-order valence-corrected chi connectivity index (χ2v) is 8.18. The van der Waals surface area contributed by atoms with E-state index in [1.165, 1.54) is 45.1 Å². The van der Waals surface area contributed by atoms with Gasteiger partial charge in [-0.05, 0) is 57.5 Å². The fraction of sp³-hybridized carbons (Fsp3) is 0.900. The number of rotatable bonds is 6. The van der Waals surface area contributed by atoms with Crippen LogP contribution in [0.3, 0.4) is 0 Å². The number of carbonyl (C=O) groups excluding carboxylic acids is 2. The molecule has 0 radical (unpaired) electrons. The monoisotopic (exact) mass is 349 g/mol. The number of carbonyl (C=O) groups is 2. The fourth-order valence-corrected chi connectivity index (χ4v) is 4.89. The summed E-state index contributed by atoms with van der Waals surface area (Å²) >= 11 is 0. The molecule has 1 saturated carbocycles. The van der Waals surface area contributed by atoms with Crippen molar-refractivity contribution in [3.05, 3.63) is 0 Å². The number of nitrogens with one attached hydrogen (secondary N) is 1. The first-order chi connectivity index (χ1) is 12.2. The molecule has 3 rings (SSSR count). The molecule has 1 atom stereocenters. The van der Waals surface area contributed by atoms with Crippen LogP contribution in [0.25, 0.3) is 0 Å². The Balaban J connectivity index is 1.36. The predicted molar refractivity (Wildman–Crippen MR) is 99.2 cm³/mol. The summed E-state index contributed by atoms with van der Waals surface area (Å²) in [5, 5.41) is 3.18. The number of likely N-dealkylation sites (tertiary alicyclic amines) is 2. The number of hydrogen-bond acceptors (Lipinski definition) is 3. The van der Waals surface area contributed by atoms with Crippen molar-refractivity contribution in [2.45, 2.75) is 70.8 Å². The molecule has 5 nitrogen and oxygen atoms in total. The van der Waals surface area contributed by atoms with Gasteiger partial charge in [0.2, 0.25) is 11.8 Å². The largest absolute Gasteiger partial charge is 0.354 e. The smallest absolute Gasteiger partial charge is 0.223 e. The highest BCUT2D eigenvalue weighted by atomic mass is 16.2. The van der Waals surface area contributed by atoms with Gasteiger partial charge in [-0.25, -0.2) is 0 Å². The maximum atomic E-state index is 12.5. The van der Waals surface area contributed by atoms with Crippen LogP contribution in [0.2, 0.25) is 0 Å². The van der Waals surface area contributed by atoms with Crippen LogP contribution in [0.5, 0.6) is 0 Å². The van der Waals surface area contributed by atoms with Crippen LogP contribution in [0.15, 0.2) is 0 Å².